The molecule has 0 atom stereocenters. The van der Waals surface area contributed by atoms with Gasteiger partial charge in [-0.3, -0.25) is 4.79 Å². The van der Waals surface area contributed by atoms with Crippen LogP contribution in [-0.2, 0) is 0 Å². The number of terminal acetylenes is 1. The number of aromatic amines is 1. The summed E-state index contributed by atoms with van der Waals surface area (Å²) in [5, 5.41) is 0. The second kappa shape index (κ2) is 2.40. The minimum atomic E-state index is -0.114. The topological polar surface area (TPSA) is 32.9 Å². The third kappa shape index (κ3) is 1.08. The molecule has 2 nitrogen and oxygen atoms in total. The molecule has 0 fully saturated rings. The van der Waals surface area contributed by atoms with Crippen LogP contribution in [0.25, 0.3) is 0 Å². The summed E-state index contributed by atoms with van der Waals surface area (Å²) in [6.07, 6.45) is 5.13. The van der Waals surface area contributed by atoms with E-state index in [4.69, 9.17) is 6.42 Å². The van der Waals surface area contributed by atoms with Crippen molar-refractivity contribution in [1.82, 2.24) is 4.98 Å². The zero-order chi connectivity index (χ0) is 7.56. The number of H-pyrrole nitrogens is 1. The summed E-state index contributed by atoms with van der Waals surface area (Å²) in [6.45, 7) is 1.77. The second-order valence-electron chi connectivity index (χ2n) is 2.01. The van der Waals surface area contributed by atoms with E-state index >= 15 is 0 Å². The van der Waals surface area contributed by atoms with Crippen molar-refractivity contribution in [3.8, 4) is 12.3 Å². The van der Waals surface area contributed by atoms with Crippen LogP contribution in [0.3, 0.4) is 0 Å². The van der Waals surface area contributed by atoms with E-state index in [1.807, 2.05) is 0 Å². The molecule has 1 aromatic heterocycles. The monoisotopic (exact) mass is 133 g/mol. The summed E-state index contributed by atoms with van der Waals surface area (Å²) in [5.74, 6) is 2.45. The van der Waals surface area contributed by atoms with E-state index in [0.717, 1.165) is 11.3 Å². The maximum Gasteiger partial charge on any atom is 0.248 e. The van der Waals surface area contributed by atoms with Crippen LogP contribution < -0.4 is 5.56 Å². The van der Waals surface area contributed by atoms with Crippen LogP contribution in [0.2, 0.25) is 0 Å². The SMILES string of the molecule is C#Cc1ccc(=O)[nH]c1C. The van der Waals surface area contributed by atoms with Crippen molar-refractivity contribution in [3.05, 3.63) is 33.7 Å². The van der Waals surface area contributed by atoms with Crippen molar-refractivity contribution in [3.63, 3.8) is 0 Å². The zero-order valence-electron chi connectivity index (χ0n) is 5.64. The molecule has 0 aliphatic carbocycles. The molecule has 0 bridgehead atoms. The molecule has 50 valence electrons. The molecule has 0 aliphatic heterocycles. The molecule has 1 rings (SSSR count). The Bertz CT molecular complexity index is 330. The molecule has 0 aromatic carbocycles. The van der Waals surface area contributed by atoms with Gasteiger partial charge in [0.25, 0.3) is 0 Å². The number of nitrogens with one attached hydrogen (secondary N) is 1. The van der Waals surface area contributed by atoms with E-state index < -0.39 is 0 Å². The normalized spacial score (nSPS) is 8.80. The summed E-state index contributed by atoms with van der Waals surface area (Å²) in [7, 11) is 0. The molecule has 0 saturated carbocycles. The minimum Gasteiger partial charge on any atom is -0.325 e. The lowest BCUT2D eigenvalue weighted by molar-refractivity contribution is 1.13. The highest BCUT2D eigenvalue weighted by molar-refractivity contribution is 5.34. The van der Waals surface area contributed by atoms with Gasteiger partial charge in [-0.15, -0.1) is 6.42 Å². The van der Waals surface area contributed by atoms with E-state index in [1.54, 1.807) is 13.0 Å². The summed E-state index contributed by atoms with van der Waals surface area (Å²) in [5.41, 5.74) is 1.37. The highest BCUT2D eigenvalue weighted by atomic mass is 16.1. The fourth-order valence-corrected chi connectivity index (χ4v) is 0.734. The lowest BCUT2D eigenvalue weighted by Gasteiger charge is -1.93. The van der Waals surface area contributed by atoms with E-state index in [-0.39, 0.29) is 5.56 Å². The first-order valence-electron chi connectivity index (χ1n) is 2.90. The van der Waals surface area contributed by atoms with Gasteiger partial charge >= 0.3 is 0 Å². The Hall–Kier alpha value is -1.49. The number of hydrogen-bond acceptors (Lipinski definition) is 1. The maximum atomic E-state index is 10.6. The molecule has 10 heavy (non-hydrogen) atoms. The smallest absolute Gasteiger partial charge is 0.248 e. The molecule has 0 radical (unpaired) electrons. The molecule has 0 unspecified atom stereocenters. The number of rotatable bonds is 0. The summed E-state index contributed by atoms with van der Waals surface area (Å²) in [4.78, 5) is 13.2. The van der Waals surface area contributed by atoms with Gasteiger partial charge in [0, 0.05) is 17.3 Å². The third-order valence-corrected chi connectivity index (χ3v) is 1.27. The van der Waals surface area contributed by atoms with Gasteiger partial charge in [0.2, 0.25) is 5.56 Å². The second-order valence-corrected chi connectivity index (χ2v) is 2.01. The average molecular weight is 133 g/mol. The Labute approximate surface area is 58.9 Å². The standard InChI is InChI=1S/C8H7NO/c1-3-7-4-5-8(10)9-6(7)2/h1,4-5H,2H3,(H,9,10). The van der Waals surface area contributed by atoms with Gasteiger partial charge in [0.05, 0.1) is 0 Å². The molecule has 0 aliphatic rings. The van der Waals surface area contributed by atoms with Crippen molar-refractivity contribution in [2.45, 2.75) is 6.92 Å². The molecule has 1 heterocycles. The van der Waals surface area contributed by atoms with E-state index in [1.165, 1.54) is 6.07 Å². The van der Waals surface area contributed by atoms with Crippen LogP contribution in [-0.4, -0.2) is 4.98 Å². The van der Waals surface area contributed by atoms with Gasteiger partial charge in [-0.1, -0.05) is 5.92 Å². The molecule has 0 amide bonds. The van der Waals surface area contributed by atoms with Crippen molar-refractivity contribution in [2.75, 3.05) is 0 Å². The van der Waals surface area contributed by atoms with Crippen LogP contribution in [0.4, 0.5) is 0 Å². The van der Waals surface area contributed by atoms with Crippen molar-refractivity contribution in [2.24, 2.45) is 0 Å². The Kier molecular flexibility index (Phi) is 1.59. The van der Waals surface area contributed by atoms with Gasteiger partial charge in [-0.25, -0.2) is 0 Å². The van der Waals surface area contributed by atoms with Crippen LogP contribution in [0.15, 0.2) is 16.9 Å². The molecule has 0 saturated heterocycles. The molecular formula is C8H7NO. The van der Waals surface area contributed by atoms with Gasteiger partial charge in [-0.05, 0) is 13.0 Å². The summed E-state index contributed by atoms with van der Waals surface area (Å²) in [6, 6.07) is 3.05. The largest absolute Gasteiger partial charge is 0.325 e. The highest BCUT2D eigenvalue weighted by Gasteiger charge is 1.91. The highest BCUT2D eigenvalue weighted by Crippen LogP contribution is 1.96. The van der Waals surface area contributed by atoms with E-state index in [2.05, 4.69) is 10.9 Å². The fraction of sp³-hybridized carbons (Fsp3) is 0.125. The fourth-order valence-electron chi connectivity index (χ4n) is 0.734. The first-order chi connectivity index (χ1) is 4.74. The predicted octanol–water partition coefficient (Wildman–Crippen LogP) is 0.665. The zero-order valence-corrected chi connectivity index (χ0v) is 5.64. The van der Waals surface area contributed by atoms with E-state index in [9.17, 15) is 4.79 Å². The number of aromatic nitrogens is 1. The minimum absolute atomic E-state index is 0.114. The summed E-state index contributed by atoms with van der Waals surface area (Å²) >= 11 is 0. The van der Waals surface area contributed by atoms with Crippen LogP contribution in [0.1, 0.15) is 11.3 Å². The molecule has 0 spiro atoms. The van der Waals surface area contributed by atoms with E-state index in [0.29, 0.717) is 0 Å². The summed E-state index contributed by atoms with van der Waals surface area (Å²) < 4.78 is 0. The lowest BCUT2D eigenvalue weighted by Crippen LogP contribution is -2.05. The number of hydrogen-bond donors (Lipinski definition) is 1. The maximum absolute atomic E-state index is 10.6. The lowest BCUT2D eigenvalue weighted by atomic mass is 10.2. The first kappa shape index (κ1) is 6.63. The van der Waals surface area contributed by atoms with Crippen LogP contribution >= 0.6 is 0 Å². The Morgan fingerprint density at radius 1 is 1.60 bits per heavy atom. The van der Waals surface area contributed by atoms with Gasteiger partial charge < -0.3 is 4.98 Å². The molecule has 1 N–H and O–H groups in total. The van der Waals surface area contributed by atoms with Crippen molar-refractivity contribution < 1.29 is 0 Å². The quantitative estimate of drug-likeness (QED) is 0.518. The number of pyridine rings is 1. The Morgan fingerprint density at radius 3 is 2.80 bits per heavy atom. The molecule has 1 aromatic rings. The van der Waals surface area contributed by atoms with Gasteiger partial charge in [0.1, 0.15) is 0 Å². The molecular weight excluding hydrogens is 126 g/mol. The van der Waals surface area contributed by atoms with Crippen LogP contribution in [0, 0.1) is 19.3 Å². The average Bonchev–Trinajstić information content (AvgIpc) is 1.88. The third-order valence-electron chi connectivity index (χ3n) is 1.27. The Morgan fingerprint density at radius 2 is 2.30 bits per heavy atom. The molecule has 2 heteroatoms. The van der Waals surface area contributed by atoms with Crippen LogP contribution in [0.5, 0.6) is 0 Å². The number of aryl methyl sites for hydroxylation is 1. The van der Waals surface area contributed by atoms with Crippen molar-refractivity contribution >= 4 is 0 Å². The van der Waals surface area contributed by atoms with Crippen molar-refractivity contribution in [1.29, 1.82) is 0 Å². The predicted molar refractivity (Wildman–Crippen MR) is 39.7 cm³/mol. The Balaban J connectivity index is 3.37. The van der Waals surface area contributed by atoms with Gasteiger partial charge in [-0.2, -0.15) is 0 Å². The first-order valence-corrected chi connectivity index (χ1v) is 2.90. The van der Waals surface area contributed by atoms with Gasteiger partial charge in [0.15, 0.2) is 0 Å².